The molecule has 0 aliphatic heterocycles. The molecule has 0 aliphatic carbocycles. The van der Waals surface area contributed by atoms with Gasteiger partial charge in [0, 0.05) is 24.1 Å². The quantitative estimate of drug-likeness (QED) is 0.556. The van der Waals surface area contributed by atoms with Crippen molar-refractivity contribution in [3.63, 3.8) is 0 Å². The highest BCUT2D eigenvalue weighted by Crippen LogP contribution is 2.27. The summed E-state index contributed by atoms with van der Waals surface area (Å²) in [7, 11) is 3.22. The van der Waals surface area contributed by atoms with Crippen LogP contribution in [0, 0.1) is 0 Å². The van der Waals surface area contributed by atoms with Crippen molar-refractivity contribution in [2.45, 2.75) is 6.42 Å². The third-order valence-corrected chi connectivity index (χ3v) is 2.14. The molecule has 0 amide bonds. The Hall–Kier alpha value is -1.09. The van der Waals surface area contributed by atoms with Gasteiger partial charge in [-0.2, -0.15) is 0 Å². The Kier molecular flexibility index (Phi) is 5.12. The van der Waals surface area contributed by atoms with E-state index in [0.29, 0.717) is 12.5 Å². The van der Waals surface area contributed by atoms with Gasteiger partial charge in [0.15, 0.2) is 0 Å². The monoisotopic (exact) mass is 230 g/mol. The lowest BCUT2D eigenvalue weighted by molar-refractivity contribution is 0.312. The fraction of sp³-hybridized carbons (Fsp3) is 0.455. The summed E-state index contributed by atoms with van der Waals surface area (Å²) < 4.78 is 15.7. The van der Waals surface area contributed by atoms with Crippen LogP contribution in [0.1, 0.15) is 6.42 Å². The molecule has 1 aromatic rings. The Morgan fingerprint density at radius 2 is 1.53 bits per heavy atom. The average Bonchev–Trinajstić information content (AvgIpc) is 2.29. The van der Waals surface area contributed by atoms with Crippen LogP contribution in [0.15, 0.2) is 18.2 Å². The molecule has 1 rings (SSSR count). The third-order valence-electron chi connectivity index (χ3n) is 1.87. The minimum atomic E-state index is 0.597. The topological polar surface area (TPSA) is 27.7 Å². The Morgan fingerprint density at radius 3 is 2.00 bits per heavy atom. The highest BCUT2D eigenvalue weighted by atomic mass is 35.5. The van der Waals surface area contributed by atoms with Crippen LogP contribution in [0.2, 0.25) is 0 Å². The van der Waals surface area contributed by atoms with Gasteiger partial charge in [0.2, 0.25) is 0 Å². The molecule has 3 nitrogen and oxygen atoms in total. The van der Waals surface area contributed by atoms with Gasteiger partial charge in [0.05, 0.1) is 20.8 Å². The second-order valence-electron chi connectivity index (χ2n) is 2.94. The first kappa shape index (κ1) is 12.0. The zero-order chi connectivity index (χ0) is 11.1. The van der Waals surface area contributed by atoms with Gasteiger partial charge in [0.1, 0.15) is 17.2 Å². The maximum absolute atomic E-state index is 5.56. The molecule has 15 heavy (non-hydrogen) atoms. The van der Waals surface area contributed by atoms with Gasteiger partial charge in [-0.15, -0.1) is 11.6 Å². The predicted molar refractivity (Wildman–Crippen MR) is 60.4 cm³/mol. The Bertz CT molecular complexity index is 280. The number of alkyl halides is 1. The van der Waals surface area contributed by atoms with Gasteiger partial charge < -0.3 is 14.2 Å². The highest BCUT2D eigenvalue weighted by Gasteiger charge is 2.02. The number of rotatable bonds is 6. The molecular formula is C11H15ClO3. The minimum Gasteiger partial charge on any atom is -0.496 e. The average molecular weight is 231 g/mol. The van der Waals surface area contributed by atoms with E-state index >= 15 is 0 Å². The van der Waals surface area contributed by atoms with Gasteiger partial charge in [-0.25, -0.2) is 0 Å². The van der Waals surface area contributed by atoms with E-state index in [1.807, 2.05) is 12.1 Å². The van der Waals surface area contributed by atoms with E-state index < -0.39 is 0 Å². The molecule has 4 heteroatoms. The molecule has 0 spiro atoms. The summed E-state index contributed by atoms with van der Waals surface area (Å²) in [5.74, 6) is 2.77. The van der Waals surface area contributed by atoms with E-state index in [9.17, 15) is 0 Å². The largest absolute Gasteiger partial charge is 0.496 e. The van der Waals surface area contributed by atoms with Crippen molar-refractivity contribution in [2.75, 3.05) is 26.7 Å². The van der Waals surface area contributed by atoms with Crippen LogP contribution in [0.4, 0.5) is 0 Å². The molecule has 0 saturated heterocycles. The van der Waals surface area contributed by atoms with Crippen LogP contribution >= 0.6 is 11.6 Å². The van der Waals surface area contributed by atoms with Crippen molar-refractivity contribution in [3.05, 3.63) is 18.2 Å². The van der Waals surface area contributed by atoms with Crippen molar-refractivity contribution in [1.82, 2.24) is 0 Å². The van der Waals surface area contributed by atoms with Crippen LogP contribution < -0.4 is 14.2 Å². The molecular weight excluding hydrogens is 216 g/mol. The summed E-state index contributed by atoms with van der Waals surface area (Å²) in [6.45, 7) is 0.597. The van der Waals surface area contributed by atoms with Crippen LogP contribution in [-0.4, -0.2) is 26.7 Å². The summed E-state index contributed by atoms with van der Waals surface area (Å²) in [6.07, 6.45) is 0.821. The van der Waals surface area contributed by atoms with Crippen LogP contribution in [0.25, 0.3) is 0 Å². The first-order valence-corrected chi connectivity index (χ1v) is 5.25. The second kappa shape index (κ2) is 6.40. The maximum Gasteiger partial charge on any atom is 0.126 e. The lowest BCUT2D eigenvalue weighted by atomic mass is 10.3. The lowest BCUT2D eigenvalue weighted by Gasteiger charge is -2.09. The number of methoxy groups -OCH3 is 2. The summed E-state index contributed by atoms with van der Waals surface area (Å²) >= 11 is 5.56. The summed E-state index contributed by atoms with van der Waals surface area (Å²) in [6, 6.07) is 5.43. The molecule has 84 valence electrons. The zero-order valence-electron chi connectivity index (χ0n) is 8.96. The molecule has 0 radical (unpaired) electrons. The molecule has 0 heterocycles. The smallest absolute Gasteiger partial charge is 0.126 e. The third kappa shape index (κ3) is 3.88. The van der Waals surface area contributed by atoms with Crippen molar-refractivity contribution >= 4 is 11.6 Å². The van der Waals surface area contributed by atoms with Crippen molar-refractivity contribution in [1.29, 1.82) is 0 Å². The number of benzene rings is 1. The molecule has 1 aromatic carbocycles. The summed E-state index contributed by atoms with van der Waals surface area (Å²) in [5.41, 5.74) is 0. The van der Waals surface area contributed by atoms with Crippen molar-refractivity contribution in [3.8, 4) is 17.2 Å². The highest BCUT2D eigenvalue weighted by molar-refractivity contribution is 6.17. The number of hydrogen-bond donors (Lipinski definition) is 0. The van der Waals surface area contributed by atoms with Crippen molar-refractivity contribution < 1.29 is 14.2 Å². The number of halogens is 1. The molecule has 0 bridgehead atoms. The number of ether oxygens (including phenoxy) is 3. The summed E-state index contributed by atoms with van der Waals surface area (Å²) in [4.78, 5) is 0. The van der Waals surface area contributed by atoms with Gasteiger partial charge in [0.25, 0.3) is 0 Å². The molecule has 0 N–H and O–H groups in total. The SMILES string of the molecule is COc1cc(OC)cc(OCCCCl)c1. The normalized spacial score (nSPS) is 9.80. The Morgan fingerprint density at radius 1 is 1.00 bits per heavy atom. The fourth-order valence-electron chi connectivity index (χ4n) is 1.11. The van der Waals surface area contributed by atoms with E-state index in [1.54, 1.807) is 20.3 Å². The van der Waals surface area contributed by atoms with Crippen molar-refractivity contribution in [2.24, 2.45) is 0 Å². The van der Waals surface area contributed by atoms with Gasteiger partial charge in [-0.05, 0) is 6.42 Å². The van der Waals surface area contributed by atoms with Gasteiger partial charge in [-0.3, -0.25) is 0 Å². The predicted octanol–water partition coefficient (Wildman–Crippen LogP) is 2.71. The standard InChI is InChI=1S/C11H15ClO3/c1-13-9-6-10(14-2)8-11(7-9)15-5-3-4-12/h6-8H,3-5H2,1-2H3. The Balaban J connectivity index is 2.68. The van der Waals surface area contributed by atoms with Gasteiger partial charge >= 0.3 is 0 Å². The van der Waals surface area contributed by atoms with E-state index in [2.05, 4.69) is 0 Å². The van der Waals surface area contributed by atoms with Crippen LogP contribution in [-0.2, 0) is 0 Å². The molecule has 0 aromatic heterocycles. The van der Waals surface area contributed by atoms with E-state index in [-0.39, 0.29) is 0 Å². The van der Waals surface area contributed by atoms with E-state index in [0.717, 1.165) is 23.7 Å². The second-order valence-corrected chi connectivity index (χ2v) is 3.32. The van der Waals surface area contributed by atoms with Gasteiger partial charge in [-0.1, -0.05) is 0 Å². The molecule has 0 atom stereocenters. The van der Waals surface area contributed by atoms with Crippen LogP contribution in [0.3, 0.4) is 0 Å². The van der Waals surface area contributed by atoms with Crippen LogP contribution in [0.5, 0.6) is 17.2 Å². The first-order valence-electron chi connectivity index (χ1n) is 4.72. The molecule has 0 fully saturated rings. The minimum absolute atomic E-state index is 0.597. The lowest BCUT2D eigenvalue weighted by Crippen LogP contribution is -1.98. The summed E-state index contributed by atoms with van der Waals surface area (Å²) in [5, 5.41) is 0. The zero-order valence-corrected chi connectivity index (χ0v) is 9.71. The molecule has 0 aliphatic rings. The molecule has 0 unspecified atom stereocenters. The maximum atomic E-state index is 5.56. The fourth-order valence-corrected chi connectivity index (χ4v) is 1.22. The van der Waals surface area contributed by atoms with E-state index in [4.69, 9.17) is 25.8 Å². The molecule has 0 saturated carbocycles. The van der Waals surface area contributed by atoms with E-state index in [1.165, 1.54) is 0 Å². The Labute approximate surface area is 94.9 Å². The number of hydrogen-bond acceptors (Lipinski definition) is 3. The first-order chi connectivity index (χ1) is 7.30.